The molecule has 0 radical (unpaired) electrons. The molecule has 0 unspecified atom stereocenters. The molecule has 2 saturated heterocycles. The standard InChI is InChI=1S/C16H28BNO4/c1-15(2)10-8-11(15)16(3)12(9-10)21-17(22-16)13(18)4-5-14-19-6-7-20-14/h10-14H,4-9,18H2,1-3H3/t10-,11-,12+,13-,16-/m0/s1. The molecule has 3 saturated carbocycles. The molecule has 5 atom stereocenters. The van der Waals surface area contributed by atoms with Crippen LogP contribution in [0.3, 0.4) is 0 Å². The molecular formula is C16H28BNO4. The van der Waals surface area contributed by atoms with Crippen LogP contribution in [0, 0.1) is 17.3 Å². The SMILES string of the molecule is CC1(C)[C@@H]2C[C@H]3OB([C@@H](N)CCC4OCCO4)O[C@@]3(C)[C@H]1C2. The summed E-state index contributed by atoms with van der Waals surface area (Å²) in [5.74, 6) is 1.24. The lowest BCUT2D eigenvalue weighted by molar-refractivity contribution is -0.199. The van der Waals surface area contributed by atoms with Crippen LogP contribution < -0.4 is 5.73 Å². The summed E-state index contributed by atoms with van der Waals surface area (Å²) >= 11 is 0. The van der Waals surface area contributed by atoms with Crippen molar-refractivity contribution in [2.45, 2.75) is 70.4 Å². The molecule has 2 aliphatic heterocycles. The van der Waals surface area contributed by atoms with E-state index in [0.717, 1.165) is 25.2 Å². The van der Waals surface area contributed by atoms with Crippen LogP contribution in [0.1, 0.15) is 46.5 Å². The Morgan fingerprint density at radius 2 is 1.91 bits per heavy atom. The highest BCUT2D eigenvalue weighted by Gasteiger charge is 2.68. The van der Waals surface area contributed by atoms with Gasteiger partial charge < -0.3 is 24.5 Å². The van der Waals surface area contributed by atoms with Gasteiger partial charge in [-0.05, 0) is 49.9 Å². The van der Waals surface area contributed by atoms with Crippen LogP contribution in [-0.4, -0.2) is 44.3 Å². The number of hydrogen-bond donors (Lipinski definition) is 1. The molecule has 0 spiro atoms. The zero-order chi connectivity index (χ0) is 15.5. The van der Waals surface area contributed by atoms with Crippen LogP contribution >= 0.6 is 0 Å². The van der Waals surface area contributed by atoms with Crippen molar-refractivity contribution in [1.82, 2.24) is 0 Å². The molecule has 5 rings (SSSR count). The minimum atomic E-state index is -0.286. The Morgan fingerprint density at radius 3 is 2.59 bits per heavy atom. The van der Waals surface area contributed by atoms with E-state index in [1.54, 1.807) is 0 Å². The predicted molar refractivity (Wildman–Crippen MR) is 83.0 cm³/mol. The van der Waals surface area contributed by atoms with Gasteiger partial charge in [-0.1, -0.05) is 13.8 Å². The van der Waals surface area contributed by atoms with Gasteiger partial charge in [0.25, 0.3) is 0 Å². The van der Waals surface area contributed by atoms with E-state index >= 15 is 0 Å². The smallest absolute Gasteiger partial charge is 0.404 e. The normalized spacial score (nSPS) is 44.7. The Kier molecular flexibility index (Phi) is 3.63. The maximum absolute atomic E-state index is 6.39. The number of hydrogen-bond acceptors (Lipinski definition) is 5. The van der Waals surface area contributed by atoms with Crippen LogP contribution in [0.4, 0.5) is 0 Å². The molecule has 5 fully saturated rings. The van der Waals surface area contributed by atoms with Gasteiger partial charge >= 0.3 is 7.12 Å². The lowest BCUT2D eigenvalue weighted by atomic mass is 9.43. The summed E-state index contributed by atoms with van der Waals surface area (Å²) in [5.41, 5.74) is 6.54. The van der Waals surface area contributed by atoms with Crippen LogP contribution in [0.2, 0.25) is 0 Å². The second kappa shape index (κ2) is 5.18. The summed E-state index contributed by atoms with van der Waals surface area (Å²) in [6.07, 6.45) is 4.10. The summed E-state index contributed by atoms with van der Waals surface area (Å²) < 4.78 is 23.5. The molecule has 0 aromatic rings. The fourth-order valence-electron chi connectivity index (χ4n) is 5.12. The molecule has 2 N–H and O–H groups in total. The average Bonchev–Trinajstić information content (AvgIpc) is 3.10. The Balaban J connectivity index is 1.37. The maximum atomic E-state index is 6.39. The first-order chi connectivity index (χ1) is 10.4. The van der Waals surface area contributed by atoms with Gasteiger partial charge in [0.2, 0.25) is 0 Å². The zero-order valence-corrected chi connectivity index (χ0v) is 13.9. The van der Waals surface area contributed by atoms with Crippen molar-refractivity contribution in [3.63, 3.8) is 0 Å². The Morgan fingerprint density at radius 1 is 1.18 bits per heavy atom. The fraction of sp³-hybridized carbons (Fsp3) is 1.00. The Labute approximate surface area is 133 Å². The first kappa shape index (κ1) is 15.4. The predicted octanol–water partition coefficient (Wildman–Crippen LogP) is 1.73. The molecule has 5 aliphatic rings. The van der Waals surface area contributed by atoms with E-state index in [1.807, 2.05) is 0 Å². The van der Waals surface area contributed by atoms with Crippen molar-refractivity contribution in [2.24, 2.45) is 23.0 Å². The highest BCUT2D eigenvalue weighted by Crippen LogP contribution is 2.65. The average molecular weight is 309 g/mol. The van der Waals surface area contributed by atoms with Gasteiger partial charge in [-0.25, -0.2) is 0 Å². The Hall–Kier alpha value is -0.135. The number of rotatable bonds is 4. The van der Waals surface area contributed by atoms with Gasteiger partial charge in [-0.15, -0.1) is 0 Å². The van der Waals surface area contributed by atoms with E-state index in [1.165, 1.54) is 6.42 Å². The second-order valence-corrected chi connectivity index (χ2v) is 8.25. The molecule has 2 heterocycles. The first-order valence-corrected chi connectivity index (χ1v) is 8.73. The van der Waals surface area contributed by atoms with Gasteiger partial charge in [0.05, 0.1) is 24.9 Å². The molecule has 3 aliphatic carbocycles. The topological polar surface area (TPSA) is 62.9 Å². The Bertz CT molecular complexity index is 442. The van der Waals surface area contributed by atoms with Crippen molar-refractivity contribution in [1.29, 1.82) is 0 Å². The zero-order valence-electron chi connectivity index (χ0n) is 13.9. The van der Waals surface area contributed by atoms with Gasteiger partial charge in [0, 0.05) is 5.94 Å². The lowest BCUT2D eigenvalue weighted by Gasteiger charge is -2.64. The van der Waals surface area contributed by atoms with E-state index in [4.69, 9.17) is 24.5 Å². The third-order valence-corrected chi connectivity index (χ3v) is 6.74. The molecule has 2 bridgehead atoms. The van der Waals surface area contributed by atoms with E-state index in [0.29, 0.717) is 24.5 Å². The maximum Gasteiger partial charge on any atom is 0.475 e. The van der Waals surface area contributed by atoms with E-state index in [2.05, 4.69) is 20.8 Å². The van der Waals surface area contributed by atoms with Crippen LogP contribution in [0.5, 0.6) is 0 Å². The second-order valence-electron chi connectivity index (χ2n) is 8.25. The molecule has 22 heavy (non-hydrogen) atoms. The summed E-state index contributed by atoms with van der Waals surface area (Å²) in [6.45, 7) is 8.36. The molecule has 5 nitrogen and oxygen atoms in total. The minimum Gasteiger partial charge on any atom is -0.404 e. The van der Waals surface area contributed by atoms with Gasteiger partial charge in [-0.3, -0.25) is 0 Å². The summed E-state index contributed by atoms with van der Waals surface area (Å²) in [4.78, 5) is 0. The van der Waals surface area contributed by atoms with Gasteiger partial charge in [-0.2, -0.15) is 0 Å². The van der Waals surface area contributed by atoms with Crippen LogP contribution in [-0.2, 0) is 18.8 Å². The first-order valence-electron chi connectivity index (χ1n) is 8.73. The third kappa shape index (κ3) is 2.19. The quantitative estimate of drug-likeness (QED) is 0.801. The largest absolute Gasteiger partial charge is 0.475 e. The molecule has 6 heteroatoms. The fourth-order valence-corrected chi connectivity index (χ4v) is 5.12. The van der Waals surface area contributed by atoms with Crippen molar-refractivity contribution in [3.05, 3.63) is 0 Å². The van der Waals surface area contributed by atoms with Crippen molar-refractivity contribution < 1.29 is 18.8 Å². The molecule has 0 aromatic heterocycles. The highest BCUT2D eigenvalue weighted by atomic mass is 16.7. The lowest BCUT2D eigenvalue weighted by Crippen LogP contribution is -2.65. The number of ether oxygens (including phenoxy) is 2. The number of nitrogens with two attached hydrogens (primary N) is 1. The van der Waals surface area contributed by atoms with Crippen molar-refractivity contribution >= 4 is 7.12 Å². The highest BCUT2D eigenvalue weighted by molar-refractivity contribution is 6.47. The third-order valence-electron chi connectivity index (χ3n) is 6.74. The minimum absolute atomic E-state index is 0.0999. The van der Waals surface area contributed by atoms with E-state index < -0.39 is 0 Å². The molecule has 0 aromatic carbocycles. The van der Waals surface area contributed by atoms with E-state index in [-0.39, 0.29) is 31.1 Å². The molecule has 124 valence electrons. The van der Waals surface area contributed by atoms with Gasteiger partial charge in [0.15, 0.2) is 6.29 Å². The van der Waals surface area contributed by atoms with Crippen molar-refractivity contribution in [2.75, 3.05) is 13.2 Å². The summed E-state index contributed by atoms with van der Waals surface area (Å²) in [6, 6.07) is 0. The molecular weight excluding hydrogens is 281 g/mol. The monoisotopic (exact) mass is 309 g/mol. The van der Waals surface area contributed by atoms with Gasteiger partial charge in [0.1, 0.15) is 0 Å². The van der Waals surface area contributed by atoms with Crippen LogP contribution in [0.25, 0.3) is 0 Å². The summed E-state index contributed by atoms with van der Waals surface area (Å²) in [7, 11) is -0.286. The molecule has 0 amide bonds. The van der Waals surface area contributed by atoms with E-state index in [9.17, 15) is 0 Å². The van der Waals surface area contributed by atoms with Crippen LogP contribution in [0.15, 0.2) is 0 Å². The summed E-state index contributed by atoms with van der Waals surface area (Å²) in [5, 5.41) is 0. The van der Waals surface area contributed by atoms with Crippen molar-refractivity contribution in [3.8, 4) is 0 Å².